The van der Waals surface area contributed by atoms with E-state index < -0.39 is 0 Å². The van der Waals surface area contributed by atoms with E-state index in [1.807, 2.05) is 0 Å². The van der Waals surface area contributed by atoms with Crippen LogP contribution in [0.4, 0.5) is 0 Å². The van der Waals surface area contributed by atoms with Gasteiger partial charge in [0.25, 0.3) is 0 Å². The largest absolute Gasteiger partial charge is 4.00 e. The molecule has 0 saturated heterocycles. The molecular formula is C20H26Cl2Zr. The summed E-state index contributed by atoms with van der Waals surface area (Å²) in [7, 11) is 0. The average Bonchev–Trinajstić information content (AvgIpc) is 3.29. The molecule has 0 atom stereocenters. The predicted octanol–water partition coefficient (Wildman–Crippen LogP) is -0.262. The van der Waals surface area contributed by atoms with Gasteiger partial charge in [-0.3, -0.25) is 12.2 Å². The Morgan fingerprint density at radius 3 is 1.26 bits per heavy atom. The molecule has 3 heteroatoms. The first-order valence-corrected chi connectivity index (χ1v) is 8.48. The monoisotopic (exact) mass is 426 g/mol. The predicted molar refractivity (Wildman–Crippen MR) is 84.9 cm³/mol. The van der Waals surface area contributed by atoms with Crippen LogP contribution in [0, 0.1) is 24.0 Å². The van der Waals surface area contributed by atoms with Crippen LogP contribution in [0.5, 0.6) is 0 Å². The molecule has 0 spiro atoms. The van der Waals surface area contributed by atoms with Crippen molar-refractivity contribution in [3.05, 3.63) is 47.6 Å². The Balaban J connectivity index is 0.000000372. The fourth-order valence-corrected chi connectivity index (χ4v) is 3.88. The molecule has 0 aromatic carbocycles. The zero-order valence-electron chi connectivity index (χ0n) is 13.8. The molecule has 0 aromatic rings. The molecule has 0 aliphatic heterocycles. The van der Waals surface area contributed by atoms with Gasteiger partial charge < -0.3 is 24.8 Å². The van der Waals surface area contributed by atoms with Crippen molar-refractivity contribution < 1.29 is 51.0 Å². The van der Waals surface area contributed by atoms with Crippen molar-refractivity contribution in [1.82, 2.24) is 0 Å². The first-order valence-electron chi connectivity index (χ1n) is 8.48. The maximum Gasteiger partial charge on any atom is 4.00 e. The summed E-state index contributed by atoms with van der Waals surface area (Å²) in [5.74, 6) is 1.75. The minimum atomic E-state index is 0. The van der Waals surface area contributed by atoms with Gasteiger partial charge in [0.05, 0.1) is 0 Å². The fraction of sp³-hybridized carbons (Fsp3) is 0.600. The van der Waals surface area contributed by atoms with Crippen molar-refractivity contribution in [2.45, 2.75) is 64.2 Å². The van der Waals surface area contributed by atoms with E-state index in [2.05, 4.69) is 36.5 Å². The van der Waals surface area contributed by atoms with E-state index in [0.29, 0.717) is 0 Å². The minimum Gasteiger partial charge on any atom is -1.00 e. The normalized spacial score (nSPS) is 22.4. The second kappa shape index (κ2) is 12.7. The average molecular weight is 429 g/mol. The van der Waals surface area contributed by atoms with Crippen molar-refractivity contribution >= 4 is 0 Å². The summed E-state index contributed by atoms with van der Waals surface area (Å²) >= 11 is 0. The molecule has 2 fully saturated rings. The van der Waals surface area contributed by atoms with Crippen molar-refractivity contribution in [2.24, 2.45) is 11.8 Å². The summed E-state index contributed by atoms with van der Waals surface area (Å²) in [4.78, 5) is 0. The van der Waals surface area contributed by atoms with Gasteiger partial charge in [0.2, 0.25) is 0 Å². The second-order valence-corrected chi connectivity index (χ2v) is 6.44. The van der Waals surface area contributed by atoms with Crippen molar-refractivity contribution in [3.63, 3.8) is 0 Å². The molecule has 23 heavy (non-hydrogen) atoms. The zero-order valence-corrected chi connectivity index (χ0v) is 17.8. The van der Waals surface area contributed by atoms with Gasteiger partial charge in [0.15, 0.2) is 0 Å². The van der Waals surface area contributed by atoms with E-state index in [9.17, 15) is 0 Å². The summed E-state index contributed by atoms with van der Waals surface area (Å²) in [6.45, 7) is 0. The van der Waals surface area contributed by atoms with Gasteiger partial charge in [-0.25, -0.2) is 23.3 Å². The quantitative estimate of drug-likeness (QED) is 0.532. The summed E-state index contributed by atoms with van der Waals surface area (Å²) in [6, 6.07) is 0. The van der Waals surface area contributed by atoms with Gasteiger partial charge in [-0.1, -0.05) is 25.7 Å². The second-order valence-electron chi connectivity index (χ2n) is 6.44. The fourth-order valence-electron chi connectivity index (χ4n) is 3.88. The third-order valence-corrected chi connectivity index (χ3v) is 5.03. The van der Waals surface area contributed by atoms with E-state index in [1.165, 1.54) is 62.5 Å². The molecule has 4 aliphatic rings. The van der Waals surface area contributed by atoms with Crippen LogP contribution in [-0.4, -0.2) is 0 Å². The summed E-state index contributed by atoms with van der Waals surface area (Å²) in [5, 5.41) is 0. The Hall–Kier alpha value is 0.423. The first-order chi connectivity index (χ1) is 9.93. The summed E-state index contributed by atoms with van der Waals surface area (Å²) < 4.78 is 0. The third-order valence-electron chi connectivity index (χ3n) is 5.03. The molecule has 0 N–H and O–H groups in total. The Kier molecular flexibility index (Phi) is 13.0. The maximum absolute atomic E-state index is 3.40. The molecule has 124 valence electrons. The topological polar surface area (TPSA) is 0 Å². The molecule has 4 rings (SSSR count). The van der Waals surface area contributed by atoms with Gasteiger partial charge in [0.1, 0.15) is 0 Å². The Morgan fingerprint density at radius 2 is 1.00 bits per heavy atom. The number of halogens is 2. The van der Waals surface area contributed by atoms with Crippen LogP contribution in [0.15, 0.2) is 35.5 Å². The Labute approximate surface area is 173 Å². The van der Waals surface area contributed by atoms with Gasteiger partial charge in [0, 0.05) is 0 Å². The number of allylic oxidation sites excluding steroid dienone is 8. The SMILES string of the molecule is [C-]1=C(C2CCCC2)C=CC1.[C-]1=C(C2CCCC2)C=CC1.[Cl-].[Cl-].[Zr+4]. The zero-order chi connectivity index (χ0) is 13.6. The molecular weight excluding hydrogens is 402 g/mol. The van der Waals surface area contributed by atoms with E-state index in [-0.39, 0.29) is 51.0 Å². The van der Waals surface area contributed by atoms with Crippen molar-refractivity contribution in [2.75, 3.05) is 0 Å². The van der Waals surface area contributed by atoms with E-state index in [0.717, 1.165) is 24.7 Å². The van der Waals surface area contributed by atoms with Crippen LogP contribution in [0.3, 0.4) is 0 Å². The van der Waals surface area contributed by atoms with Crippen LogP contribution in [0.25, 0.3) is 0 Å². The summed E-state index contributed by atoms with van der Waals surface area (Å²) in [5.41, 5.74) is 3.00. The minimum absolute atomic E-state index is 0. The number of rotatable bonds is 2. The molecule has 2 saturated carbocycles. The van der Waals surface area contributed by atoms with Crippen molar-refractivity contribution in [3.8, 4) is 0 Å². The van der Waals surface area contributed by atoms with E-state index in [1.54, 1.807) is 0 Å². The molecule has 0 aromatic heterocycles. The standard InChI is InChI=1S/2C10H13.2ClH.Zr/c2*1-2-6-9(5-1)10-7-3-4-8-10;;;/h2*1,5,10H,2-4,7-8H2;2*1H;/q2*-1;;;+4/p-2. The Bertz CT molecular complexity index is 395. The summed E-state index contributed by atoms with van der Waals surface area (Å²) in [6.07, 6.45) is 29.3. The van der Waals surface area contributed by atoms with Crippen LogP contribution in [0.1, 0.15) is 64.2 Å². The number of hydrogen-bond donors (Lipinski definition) is 0. The molecule has 0 nitrogen and oxygen atoms in total. The van der Waals surface area contributed by atoms with E-state index >= 15 is 0 Å². The van der Waals surface area contributed by atoms with Gasteiger partial charge >= 0.3 is 26.2 Å². The van der Waals surface area contributed by atoms with Crippen LogP contribution in [0.2, 0.25) is 0 Å². The van der Waals surface area contributed by atoms with E-state index in [4.69, 9.17) is 0 Å². The van der Waals surface area contributed by atoms with Gasteiger partial charge in [-0.15, -0.1) is 12.8 Å². The first kappa shape index (κ1) is 23.4. The third kappa shape index (κ3) is 7.05. The molecule has 0 amide bonds. The van der Waals surface area contributed by atoms with Crippen LogP contribution >= 0.6 is 0 Å². The molecule has 0 heterocycles. The number of hydrogen-bond acceptors (Lipinski definition) is 0. The maximum atomic E-state index is 3.40. The van der Waals surface area contributed by atoms with Crippen molar-refractivity contribution in [1.29, 1.82) is 0 Å². The van der Waals surface area contributed by atoms with Crippen LogP contribution < -0.4 is 24.8 Å². The van der Waals surface area contributed by atoms with Gasteiger partial charge in [-0.2, -0.15) is 12.2 Å². The molecule has 0 bridgehead atoms. The molecule has 0 radical (unpaired) electrons. The smallest absolute Gasteiger partial charge is 1.00 e. The molecule has 0 unspecified atom stereocenters. The Morgan fingerprint density at radius 1 is 0.652 bits per heavy atom. The van der Waals surface area contributed by atoms with Gasteiger partial charge in [-0.05, 0) is 37.5 Å². The molecule has 4 aliphatic carbocycles. The van der Waals surface area contributed by atoms with Crippen LogP contribution in [-0.2, 0) is 26.2 Å².